The molecule has 0 bridgehead atoms. The molecule has 0 spiro atoms. The molecule has 1 aromatic heterocycles. The third-order valence-electron chi connectivity index (χ3n) is 4.04. The second kappa shape index (κ2) is 6.50. The summed E-state index contributed by atoms with van der Waals surface area (Å²) in [5.74, 6) is 0. The van der Waals surface area contributed by atoms with Crippen molar-refractivity contribution in [3.8, 4) is 0 Å². The fourth-order valence-electron chi connectivity index (χ4n) is 2.77. The number of hydrogen-bond acceptors (Lipinski definition) is 3. The number of nitrogens with one attached hydrogen (secondary N) is 1. The summed E-state index contributed by atoms with van der Waals surface area (Å²) in [6.45, 7) is 0.898. The lowest BCUT2D eigenvalue weighted by Gasteiger charge is -2.32. The van der Waals surface area contributed by atoms with Crippen LogP contribution in [0.25, 0.3) is 0 Å². The van der Waals surface area contributed by atoms with Crippen molar-refractivity contribution in [1.82, 2.24) is 19.7 Å². The van der Waals surface area contributed by atoms with Gasteiger partial charge in [0.15, 0.2) is 0 Å². The van der Waals surface area contributed by atoms with Crippen molar-refractivity contribution in [3.63, 3.8) is 0 Å². The average Bonchev–Trinajstić information content (AvgIpc) is 3.09. The van der Waals surface area contributed by atoms with Gasteiger partial charge in [0, 0.05) is 13.1 Å². The van der Waals surface area contributed by atoms with Gasteiger partial charge in [0.2, 0.25) is 0 Å². The number of rotatable bonds is 2. The Labute approximate surface area is 136 Å². The normalized spacial score (nSPS) is 16.2. The molecule has 1 aromatic carbocycles. The van der Waals surface area contributed by atoms with Crippen LogP contribution in [0.15, 0.2) is 36.9 Å². The lowest BCUT2D eigenvalue weighted by molar-refractivity contribution is -0.136. The second-order valence-electron chi connectivity index (χ2n) is 5.57. The van der Waals surface area contributed by atoms with E-state index >= 15 is 0 Å². The highest BCUT2D eigenvalue weighted by Gasteiger charge is 2.34. The second-order valence-corrected chi connectivity index (χ2v) is 5.57. The van der Waals surface area contributed by atoms with Crippen molar-refractivity contribution >= 4 is 11.7 Å². The summed E-state index contributed by atoms with van der Waals surface area (Å²) in [5.41, 5.74) is -1.08. The molecule has 1 saturated heterocycles. The Hall–Kier alpha value is -2.58. The highest BCUT2D eigenvalue weighted by atomic mass is 19.4. The minimum atomic E-state index is -4.51. The van der Waals surface area contributed by atoms with Crippen LogP contribution in [0.3, 0.4) is 0 Å². The zero-order chi connectivity index (χ0) is 17.2. The van der Waals surface area contributed by atoms with Crippen molar-refractivity contribution in [2.45, 2.75) is 25.1 Å². The summed E-state index contributed by atoms with van der Waals surface area (Å²) < 4.78 is 40.7. The van der Waals surface area contributed by atoms with Crippen molar-refractivity contribution < 1.29 is 18.0 Å². The Kier molecular flexibility index (Phi) is 4.41. The van der Waals surface area contributed by atoms with Gasteiger partial charge in [-0.05, 0) is 25.0 Å². The third-order valence-corrected chi connectivity index (χ3v) is 4.04. The van der Waals surface area contributed by atoms with E-state index in [1.54, 1.807) is 11.0 Å². The maximum atomic E-state index is 13.0. The predicted molar refractivity (Wildman–Crippen MR) is 80.3 cm³/mol. The van der Waals surface area contributed by atoms with Crippen LogP contribution in [0.5, 0.6) is 0 Å². The number of anilines is 1. The maximum Gasteiger partial charge on any atom is 0.418 e. The molecule has 128 valence electrons. The number of carbonyl (C=O) groups excluding carboxylic acids is 1. The zero-order valence-corrected chi connectivity index (χ0v) is 12.7. The standard InChI is InChI=1S/C15H16F3N5O/c16-15(17,18)12-3-1-2-4-13(12)21-14(24)22-7-5-11(6-8-22)23-10-19-9-20-23/h1-4,9-11H,5-8H2,(H,21,24). The van der Waals surface area contributed by atoms with Crippen molar-refractivity contribution in [1.29, 1.82) is 0 Å². The van der Waals surface area contributed by atoms with Gasteiger partial charge in [0.25, 0.3) is 0 Å². The van der Waals surface area contributed by atoms with E-state index in [4.69, 9.17) is 0 Å². The molecule has 0 unspecified atom stereocenters. The Balaban J connectivity index is 1.63. The molecule has 2 heterocycles. The summed E-state index contributed by atoms with van der Waals surface area (Å²) in [5, 5.41) is 6.45. The number of benzene rings is 1. The van der Waals surface area contributed by atoms with Crippen LogP contribution in [0.2, 0.25) is 0 Å². The molecule has 0 saturated carbocycles. The van der Waals surface area contributed by atoms with Crippen LogP contribution < -0.4 is 5.32 Å². The molecule has 2 amide bonds. The number of hydrogen-bond donors (Lipinski definition) is 1. The molecule has 9 heteroatoms. The lowest BCUT2D eigenvalue weighted by Crippen LogP contribution is -2.41. The van der Waals surface area contributed by atoms with E-state index in [1.165, 1.54) is 29.4 Å². The number of urea groups is 1. The van der Waals surface area contributed by atoms with Crippen LogP contribution >= 0.6 is 0 Å². The van der Waals surface area contributed by atoms with Gasteiger partial charge in [-0.2, -0.15) is 18.3 Å². The molecule has 24 heavy (non-hydrogen) atoms. The topological polar surface area (TPSA) is 63.1 Å². The fourth-order valence-corrected chi connectivity index (χ4v) is 2.77. The summed E-state index contributed by atoms with van der Waals surface area (Å²) in [4.78, 5) is 17.7. The van der Waals surface area contributed by atoms with Gasteiger partial charge in [-0.25, -0.2) is 14.5 Å². The molecule has 0 radical (unpaired) electrons. The first-order valence-corrected chi connectivity index (χ1v) is 7.51. The van der Waals surface area contributed by atoms with E-state index in [2.05, 4.69) is 15.4 Å². The van der Waals surface area contributed by atoms with Crippen LogP contribution in [-0.4, -0.2) is 38.8 Å². The molecule has 2 aromatic rings. The van der Waals surface area contributed by atoms with Crippen LogP contribution in [0.1, 0.15) is 24.4 Å². The van der Waals surface area contributed by atoms with Crippen LogP contribution in [-0.2, 0) is 6.18 Å². The molecule has 1 aliphatic rings. The van der Waals surface area contributed by atoms with E-state index in [9.17, 15) is 18.0 Å². The highest BCUT2D eigenvalue weighted by molar-refractivity contribution is 5.90. The minimum Gasteiger partial charge on any atom is -0.324 e. The quantitative estimate of drug-likeness (QED) is 0.914. The van der Waals surface area contributed by atoms with Crippen molar-refractivity contribution in [3.05, 3.63) is 42.5 Å². The van der Waals surface area contributed by atoms with E-state index in [0.717, 1.165) is 6.07 Å². The summed E-state index contributed by atoms with van der Waals surface area (Å²) >= 11 is 0. The number of nitrogens with zero attached hydrogens (tertiary/aromatic N) is 4. The monoisotopic (exact) mass is 339 g/mol. The minimum absolute atomic E-state index is 0.152. The van der Waals surface area contributed by atoms with E-state index in [0.29, 0.717) is 25.9 Å². The number of amides is 2. The van der Waals surface area contributed by atoms with E-state index in [1.807, 2.05) is 0 Å². The maximum absolute atomic E-state index is 13.0. The van der Waals surface area contributed by atoms with Gasteiger partial charge in [-0.1, -0.05) is 12.1 Å². The largest absolute Gasteiger partial charge is 0.418 e. The number of alkyl halides is 3. The predicted octanol–water partition coefficient (Wildman–Crippen LogP) is 3.17. The van der Waals surface area contributed by atoms with Gasteiger partial charge < -0.3 is 10.2 Å². The number of para-hydroxylation sites is 1. The van der Waals surface area contributed by atoms with E-state index in [-0.39, 0.29) is 11.7 Å². The number of piperidine rings is 1. The number of halogens is 3. The highest BCUT2D eigenvalue weighted by Crippen LogP contribution is 2.34. The third kappa shape index (κ3) is 3.50. The lowest BCUT2D eigenvalue weighted by atomic mass is 10.1. The average molecular weight is 339 g/mol. The Morgan fingerprint density at radius 2 is 1.92 bits per heavy atom. The first-order chi connectivity index (χ1) is 11.4. The SMILES string of the molecule is O=C(Nc1ccccc1C(F)(F)F)N1CCC(n2cncn2)CC1. The van der Waals surface area contributed by atoms with Gasteiger partial charge in [-0.15, -0.1) is 0 Å². The van der Waals surface area contributed by atoms with Crippen LogP contribution in [0.4, 0.5) is 23.7 Å². The van der Waals surface area contributed by atoms with Gasteiger partial charge in [0.05, 0.1) is 17.3 Å². The molecule has 3 rings (SSSR count). The van der Waals surface area contributed by atoms with Crippen LogP contribution in [0, 0.1) is 0 Å². The van der Waals surface area contributed by atoms with Gasteiger partial charge in [-0.3, -0.25) is 0 Å². The molecule has 0 aliphatic carbocycles. The molecular weight excluding hydrogens is 323 g/mol. The molecule has 1 aliphatic heterocycles. The summed E-state index contributed by atoms with van der Waals surface area (Å²) in [6, 6.07) is 4.59. The molecule has 1 fully saturated rings. The Morgan fingerprint density at radius 1 is 1.21 bits per heavy atom. The molecule has 0 atom stereocenters. The number of carbonyl (C=O) groups is 1. The first-order valence-electron chi connectivity index (χ1n) is 7.51. The van der Waals surface area contributed by atoms with Crippen molar-refractivity contribution in [2.75, 3.05) is 18.4 Å². The Bertz CT molecular complexity index is 693. The van der Waals surface area contributed by atoms with E-state index < -0.39 is 17.8 Å². The number of aromatic nitrogens is 3. The van der Waals surface area contributed by atoms with Gasteiger partial charge in [0.1, 0.15) is 12.7 Å². The molecule has 6 nitrogen and oxygen atoms in total. The fraction of sp³-hybridized carbons (Fsp3) is 0.400. The van der Waals surface area contributed by atoms with Crippen molar-refractivity contribution in [2.24, 2.45) is 0 Å². The van der Waals surface area contributed by atoms with Gasteiger partial charge >= 0.3 is 12.2 Å². The summed E-state index contributed by atoms with van der Waals surface area (Å²) in [7, 11) is 0. The molecule has 1 N–H and O–H groups in total. The Morgan fingerprint density at radius 3 is 2.54 bits per heavy atom. The molecular formula is C15H16F3N5O. The smallest absolute Gasteiger partial charge is 0.324 e. The zero-order valence-electron chi connectivity index (χ0n) is 12.7. The number of likely N-dealkylation sites (tertiary alicyclic amines) is 1. The summed E-state index contributed by atoms with van der Waals surface area (Å²) in [6.07, 6.45) is -0.0769. The first kappa shape index (κ1) is 16.3.